The average Bonchev–Trinajstić information content (AvgIpc) is 3.06. The first kappa shape index (κ1) is 13.2. The Balaban J connectivity index is 1.96. The number of aromatic nitrogens is 2. The Morgan fingerprint density at radius 3 is 2.29 bits per heavy atom. The molecule has 0 spiro atoms. The van der Waals surface area contributed by atoms with E-state index in [1.807, 2.05) is 0 Å². The number of hydrogen-bond donors (Lipinski definition) is 0. The van der Waals surface area contributed by atoms with Gasteiger partial charge in [0.15, 0.2) is 5.78 Å². The van der Waals surface area contributed by atoms with Gasteiger partial charge in [0, 0.05) is 12.4 Å². The lowest BCUT2D eigenvalue weighted by Gasteiger charge is -2.24. The van der Waals surface area contributed by atoms with Crippen molar-refractivity contribution in [2.75, 3.05) is 0 Å². The molecule has 0 aliphatic carbocycles. The number of fused-ring (bicyclic) bond motifs is 1. The third-order valence-electron chi connectivity index (χ3n) is 3.55. The van der Waals surface area contributed by atoms with Gasteiger partial charge in [0.2, 0.25) is 0 Å². The molecule has 0 saturated heterocycles. The van der Waals surface area contributed by atoms with Gasteiger partial charge in [-0.15, -0.1) is 0 Å². The fourth-order valence-electron chi connectivity index (χ4n) is 2.48. The van der Waals surface area contributed by atoms with Crippen molar-refractivity contribution in [1.29, 1.82) is 0 Å². The minimum atomic E-state index is -0.827. The van der Waals surface area contributed by atoms with Crippen LogP contribution in [0.4, 0.5) is 0 Å². The highest BCUT2D eigenvalue weighted by molar-refractivity contribution is 6.22. The maximum absolute atomic E-state index is 12.4. The van der Waals surface area contributed by atoms with Gasteiger partial charge in [0.05, 0.1) is 24.0 Å². The molecule has 1 aliphatic heterocycles. The molecule has 6 heteroatoms. The molecule has 106 valence electrons. The third kappa shape index (κ3) is 2.14. The Kier molecular flexibility index (Phi) is 3.13. The fourth-order valence-corrected chi connectivity index (χ4v) is 2.48. The number of carbonyl (C=O) groups excluding carboxylic acids is 3. The zero-order valence-electron chi connectivity index (χ0n) is 11.4. The number of ketones is 1. The van der Waals surface area contributed by atoms with E-state index in [4.69, 9.17) is 0 Å². The van der Waals surface area contributed by atoms with Gasteiger partial charge in [-0.05, 0) is 19.1 Å². The molecular weight excluding hydrogens is 270 g/mol. The molecule has 1 aromatic heterocycles. The summed E-state index contributed by atoms with van der Waals surface area (Å²) < 4.78 is 1.68. The highest BCUT2D eigenvalue weighted by Crippen LogP contribution is 2.25. The van der Waals surface area contributed by atoms with E-state index in [1.54, 1.807) is 47.6 Å². The molecule has 1 atom stereocenters. The monoisotopic (exact) mass is 283 g/mol. The molecule has 2 amide bonds. The maximum Gasteiger partial charge on any atom is 0.262 e. The number of amides is 2. The number of carbonyl (C=O) groups is 3. The predicted octanol–water partition coefficient (Wildman–Crippen LogP) is 1.14. The number of benzene rings is 1. The molecule has 0 N–H and O–H groups in total. The first-order chi connectivity index (χ1) is 10.1. The topological polar surface area (TPSA) is 72.3 Å². The van der Waals surface area contributed by atoms with Crippen molar-refractivity contribution in [3.05, 3.63) is 54.1 Å². The Hall–Kier alpha value is -2.76. The summed E-state index contributed by atoms with van der Waals surface area (Å²) in [5.41, 5.74) is 0.693. The zero-order chi connectivity index (χ0) is 15.0. The summed E-state index contributed by atoms with van der Waals surface area (Å²) in [6, 6.07) is 5.78. The van der Waals surface area contributed by atoms with E-state index in [0.717, 1.165) is 4.90 Å². The van der Waals surface area contributed by atoms with Gasteiger partial charge in [0.25, 0.3) is 11.8 Å². The molecule has 2 heterocycles. The van der Waals surface area contributed by atoms with Crippen molar-refractivity contribution in [2.24, 2.45) is 0 Å². The van der Waals surface area contributed by atoms with E-state index in [0.29, 0.717) is 11.1 Å². The lowest BCUT2D eigenvalue weighted by molar-refractivity contribution is -0.121. The standard InChI is InChI=1S/C15H13N3O3/c1-10(19)13(8-17-7-6-16-9-17)18-14(20)11-4-2-3-5-12(11)15(18)21/h2-7,9,13H,8H2,1H3. The van der Waals surface area contributed by atoms with Crippen LogP contribution >= 0.6 is 0 Å². The van der Waals surface area contributed by atoms with E-state index in [1.165, 1.54) is 6.92 Å². The number of hydrogen-bond acceptors (Lipinski definition) is 4. The minimum absolute atomic E-state index is 0.209. The second-order valence-electron chi connectivity index (χ2n) is 4.91. The van der Waals surface area contributed by atoms with Gasteiger partial charge in [0.1, 0.15) is 6.04 Å². The van der Waals surface area contributed by atoms with E-state index in [2.05, 4.69) is 4.98 Å². The van der Waals surface area contributed by atoms with Crippen LogP contribution in [0.15, 0.2) is 43.0 Å². The Morgan fingerprint density at radius 2 is 1.81 bits per heavy atom. The van der Waals surface area contributed by atoms with Crippen LogP contribution in [0.2, 0.25) is 0 Å². The van der Waals surface area contributed by atoms with Crippen LogP contribution in [0.3, 0.4) is 0 Å². The zero-order valence-corrected chi connectivity index (χ0v) is 11.4. The van der Waals surface area contributed by atoms with Crippen molar-refractivity contribution < 1.29 is 14.4 Å². The maximum atomic E-state index is 12.4. The van der Waals surface area contributed by atoms with Crippen LogP contribution in [0.5, 0.6) is 0 Å². The van der Waals surface area contributed by atoms with Crippen LogP contribution in [0.1, 0.15) is 27.6 Å². The molecule has 3 rings (SSSR count). The second-order valence-corrected chi connectivity index (χ2v) is 4.91. The van der Waals surface area contributed by atoms with Crippen molar-refractivity contribution in [1.82, 2.24) is 14.5 Å². The van der Waals surface area contributed by atoms with E-state index < -0.39 is 17.9 Å². The first-order valence-corrected chi connectivity index (χ1v) is 6.52. The van der Waals surface area contributed by atoms with Gasteiger partial charge in [-0.2, -0.15) is 0 Å². The summed E-state index contributed by atoms with van der Waals surface area (Å²) in [5, 5.41) is 0. The molecule has 1 aromatic carbocycles. The number of imidazole rings is 1. The van der Waals surface area contributed by atoms with Gasteiger partial charge in [-0.3, -0.25) is 19.3 Å². The highest BCUT2D eigenvalue weighted by atomic mass is 16.2. The smallest absolute Gasteiger partial charge is 0.262 e. The van der Waals surface area contributed by atoms with Crippen LogP contribution in [0, 0.1) is 0 Å². The van der Waals surface area contributed by atoms with E-state index in [9.17, 15) is 14.4 Å². The van der Waals surface area contributed by atoms with Gasteiger partial charge in [-0.25, -0.2) is 4.98 Å². The lowest BCUT2D eigenvalue weighted by atomic mass is 10.1. The molecule has 6 nitrogen and oxygen atoms in total. The largest absolute Gasteiger partial charge is 0.335 e. The van der Waals surface area contributed by atoms with Crippen LogP contribution < -0.4 is 0 Å². The van der Waals surface area contributed by atoms with Gasteiger partial charge in [-0.1, -0.05) is 12.1 Å². The van der Waals surface area contributed by atoms with Crippen molar-refractivity contribution >= 4 is 17.6 Å². The summed E-state index contributed by atoms with van der Waals surface area (Å²) in [7, 11) is 0. The number of Topliss-reactive ketones (excluding diaryl/α,β-unsaturated/α-hetero) is 1. The summed E-state index contributed by atoms with van der Waals surface area (Å²) in [6.45, 7) is 1.59. The molecule has 1 unspecified atom stereocenters. The quantitative estimate of drug-likeness (QED) is 0.789. The number of imide groups is 1. The molecule has 1 aliphatic rings. The first-order valence-electron chi connectivity index (χ1n) is 6.52. The molecule has 0 radical (unpaired) electrons. The summed E-state index contributed by atoms with van der Waals surface area (Å²) in [6.07, 6.45) is 4.82. The SMILES string of the molecule is CC(=O)C(Cn1ccnc1)N1C(=O)c2ccccc2C1=O. The fraction of sp³-hybridized carbons (Fsp3) is 0.200. The molecule has 2 aromatic rings. The molecular formula is C15H13N3O3. The van der Waals surface area contributed by atoms with Gasteiger partial charge >= 0.3 is 0 Å². The number of nitrogens with zero attached hydrogens (tertiary/aromatic N) is 3. The van der Waals surface area contributed by atoms with E-state index >= 15 is 0 Å². The summed E-state index contributed by atoms with van der Waals surface area (Å²) >= 11 is 0. The Bertz CT molecular complexity index is 687. The van der Waals surface area contributed by atoms with Crippen molar-refractivity contribution in [3.8, 4) is 0 Å². The molecule has 0 saturated carbocycles. The van der Waals surface area contributed by atoms with Crippen LogP contribution in [-0.2, 0) is 11.3 Å². The van der Waals surface area contributed by atoms with Crippen LogP contribution in [0.25, 0.3) is 0 Å². The lowest BCUT2D eigenvalue weighted by Crippen LogP contribution is -2.46. The Morgan fingerprint density at radius 1 is 1.19 bits per heavy atom. The normalized spacial score (nSPS) is 15.2. The predicted molar refractivity (Wildman–Crippen MR) is 73.6 cm³/mol. The summed E-state index contributed by atoms with van der Waals surface area (Å²) in [5.74, 6) is -1.08. The molecule has 0 fully saturated rings. The molecule has 0 bridgehead atoms. The average molecular weight is 283 g/mol. The second kappa shape index (κ2) is 4.97. The minimum Gasteiger partial charge on any atom is -0.335 e. The van der Waals surface area contributed by atoms with Gasteiger partial charge < -0.3 is 4.57 Å². The number of rotatable bonds is 4. The van der Waals surface area contributed by atoms with Crippen molar-refractivity contribution in [2.45, 2.75) is 19.5 Å². The third-order valence-corrected chi connectivity index (χ3v) is 3.55. The van der Waals surface area contributed by atoms with E-state index in [-0.39, 0.29) is 12.3 Å². The summed E-state index contributed by atoms with van der Waals surface area (Å²) in [4.78, 5) is 41.7. The van der Waals surface area contributed by atoms with Crippen molar-refractivity contribution in [3.63, 3.8) is 0 Å². The molecule has 21 heavy (non-hydrogen) atoms. The Labute approximate surface area is 121 Å². The highest BCUT2D eigenvalue weighted by Gasteiger charge is 2.41. The van der Waals surface area contributed by atoms with Crippen LogP contribution in [-0.4, -0.2) is 38.1 Å².